The molecule has 21 heavy (non-hydrogen) atoms. The highest BCUT2D eigenvalue weighted by atomic mass is 15.2. The molecule has 1 saturated heterocycles. The molecule has 1 unspecified atom stereocenters. The molecule has 0 N–H and O–H groups in total. The Balaban J connectivity index is 2.20. The monoisotopic (exact) mass is 287 g/mol. The summed E-state index contributed by atoms with van der Waals surface area (Å²) in [6.07, 6.45) is 3.68. The summed E-state index contributed by atoms with van der Waals surface area (Å²) < 4.78 is 0. The first kappa shape index (κ1) is 15.0. The second-order valence-corrected chi connectivity index (χ2v) is 8.70. The van der Waals surface area contributed by atoms with E-state index in [0.717, 1.165) is 12.2 Å². The van der Waals surface area contributed by atoms with Gasteiger partial charge in [0.1, 0.15) is 5.82 Å². The van der Waals surface area contributed by atoms with Crippen LogP contribution in [0.3, 0.4) is 0 Å². The van der Waals surface area contributed by atoms with Gasteiger partial charge in [0.25, 0.3) is 0 Å². The number of hydrogen-bond acceptors (Lipinski definition) is 3. The molecule has 1 aromatic heterocycles. The predicted molar refractivity (Wildman–Crippen MR) is 86.7 cm³/mol. The van der Waals surface area contributed by atoms with Crippen LogP contribution in [0.5, 0.6) is 0 Å². The highest BCUT2D eigenvalue weighted by Gasteiger charge is 2.37. The van der Waals surface area contributed by atoms with Crippen molar-refractivity contribution in [1.29, 1.82) is 0 Å². The Morgan fingerprint density at radius 1 is 0.952 bits per heavy atom. The molecular formula is C18H29N3. The zero-order valence-corrected chi connectivity index (χ0v) is 14.5. The van der Waals surface area contributed by atoms with Gasteiger partial charge in [0.15, 0.2) is 0 Å². The number of fused-ring (bicyclic) bond motifs is 3. The third kappa shape index (κ3) is 2.61. The second kappa shape index (κ2) is 4.77. The van der Waals surface area contributed by atoms with E-state index in [2.05, 4.69) is 46.4 Å². The van der Waals surface area contributed by atoms with E-state index in [-0.39, 0.29) is 10.8 Å². The van der Waals surface area contributed by atoms with E-state index in [4.69, 9.17) is 9.97 Å². The van der Waals surface area contributed by atoms with E-state index in [1.807, 2.05) is 0 Å². The quantitative estimate of drug-likeness (QED) is 0.727. The van der Waals surface area contributed by atoms with Gasteiger partial charge in [-0.25, -0.2) is 9.97 Å². The summed E-state index contributed by atoms with van der Waals surface area (Å²) in [6.45, 7) is 15.9. The number of hydrogen-bond donors (Lipinski definition) is 0. The first-order valence-electron chi connectivity index (χ1n) is 8.34. The van der Waals surface area contributed by atoms with Crippen molar-refractivity contribution >= 4 is 0 Å². The summed E-state index contributed by atoms with van der Waals surface area (Å²) >= 11 is 0. The van der Waals surface area contributed by atoms with Crippen LogP contribution in [0.25, 0.3) is 0 Å². The number of aromatic nitrogens is 2. The van der Waals surface area contributed by atoms with Crippen LogP contribution in [0.4, 0.5) is 0 Å². The Morgan fingerprint density at radius 2 is 1.67 bits per heavy atom. The summed E-state index contributed by atoms with van der Waals surface area (Å²) in [5, 5.41) is 0. The molecule has 3 rings (SSSR count). The molecule has 0 radical (unpaired) electrons. The summed E-state index contributed by atoms with van der Waals surface area (Å²) in [5.74, 6) is 1.01. The molecule has 0 bridgehead atoms. The van der Waals surface area contributed by atoms with Crippen molar-refractivity contribution in [1.82, 2.24) is 14.9 Å². The first-order chi connectivity index (χ1) is 9.68. The van der Waals surface area contributed by atoms with E-state index in [1.54, 1.807) is 0 Å². The molecule has 0 saturated carbocycles. The third-order valence-electron chi connectivity index (χ3n) is 4.75. The van der Waals surface area contributed by atoms with Crippen LogP contribution in [-0.4, -0.2) is 28.0 Å². The Hall–Kier alpha value is -0.960. The lowest BCUT2D eigenvalue weighted by atomic mass is 9.83. The summed E-state index contributed by atoms with van der Waals surface area (Å²) in [5.41, 5.74) is 4.16. The Labute approximate surface area is 129 Å². The molecule has 3 heterocycles. The van der Waals surface area contributed by atoms with E-state index in [1.165, 1.54) is 42.9 Å². The Bertz CT molecular complexity index is 549. The van der Waals surface area contributed by atoms with Gasteiger partial charge in [0.2, 0.25) is 0 Å². The minimum Gasteiger partial charge on any atom is -0.294 e. The van der Waals surface area contributed by atoms with E-state index >= 15 is 0 Å². The lowest BCUT2D eigenvalue weighted by Crippen LogP contribution is -2.36. The van der Waals surface area contributed by atoms with Crippen molar-refractivity contribution in [2.45, 2.75) is 77.7 Å². The fraction of sp³-hybridized carbons (Fsp3) is 0.778. The van der Waals surface area contributed by atoms with Crippen molar-refractivity contribution in [2.24, 2.45) is 0 Å². The molecule has 2 aliphatic rings. The zero-order valence-electron chi connectivity index (χ0n) is 14.5. The third-order valence-corrected chi connectivity index (χ3v) is 4.75. The first-order valence-corrected chi connectivity index (χ1v) is 8.34. The van der Waals surface area contributed by atoms with Gasteiger partial charge in [-0.05, 0) is 31.4 Å². The molecule has 1 atom stereocenters. The summed E-state index contributed by atoms with van der Waals surface area (Å²) in [7, 11) is 0. The molecule has 0 spiro atoms. The van der Waals surface area contributed by atoms with Gasteiger partial charge in [-0.15, -0.1) is 0 Å². The topological polar surface area (TPSA) is 29.0 Å². The maximum atomic E-state index is 5.05. The van der Waals surface area contributed by atoms with Gasteiger partial charge in [-0.3, -0.25) is 4.90 Å². The fourth-order valence-electron chi connectivity index (χ4n) is 3.64. The Morgan fingerprint density at radius 3 is 2.29 bits per heavy atom. The lowest BCUT2D eigenvalue weighted by Gasteiger charge is -2.35. The average Bonchev–Trinajstić information content (AvgIpc) is 2.83. The molecule has 3 nitrogen and oxygen atoms in total. The molecule has 3 heteroatoms. The van der Waals surface area contributed by atoms with Crippen molar-refractivity contribution < 1.29 is 0 Å². The normalized spacial score (nSPS) is 23.0. The molecule has 0 aliphatic carbocycles. The molecule has 1 fully saturated rings. The number of rotatable bonds is 0. The highest BCUT2D eigenvalue weighted by molar-refractivity contribution is 5.36. The minimum atomic E-state index is 0.00983. The van der Waals surface area contributed by atoms with Crippen molar-refractivity contribution in [3.63, 3.8) is 0 Å². The second-order valence-electron chi connectivity index (χ2n) is 8.70. The van der Waals surface area contributed by atoms with Gasteiger partial charge in [-0.2, -0.15) is 0 Å². The van der Waals surface area contributed by atoms with Gasteiger partial charge >= 0.3 is 0 Å². The molecule has 2 aliphatic heterocycles. The highest BCUT2D eigenvalue weighted by Crippen LogP contribution is 2.40. The summed E-state index contributed by atoms with van der Waals surface area (Å²) in [6, 6.07) is 0.541. The van der Waals surface area contributed by atoms with Gasteiger partial charge in [0.05, 0.1) is 17.4 Å². The smallest absolute Gasteiger partial charge is 0.134 e. The fourth-order valence-corrected chi connectivity index (χ4v) is 3.64. The average molecular weight is 287 g/mol. The zero-order chi connectivity index (χ0) is 15.4. The molecule has 1 aromatic rings. The largest absolute Gasteiger partial charge is 0.294 e. The van der Waals surface area contributed by atoms with Gasteiger partial charge in [-0.1, -0.05) is 41.5 Å². The van der Waals surface area contributed by atoms with Crippen LogP contribution >= 0.6 is 0 Å². The predicted octanol–water partition coefficient (Wildman–Crippen LogP) is 3.76. The van der Waals surface area contributed by atoms with Crippen LogP contribution < -0.4 is 0 Å². The minimum absolute atomic E-state index is 0.00983. The van der Waals surface area contributed by atoms with Crippen molar-refractivity contribution in [3.8, 4) is 0 Å². The van der Waals surface area contributed by atoms with Gasteiger partial charge in [0, 0.05) is 17.4 Å². The lowest BCUT2D eigenvalue weighted by molar-refractivity contribution is 0.234. The molecule has 0 aromatic carbocycles. The van der Waals surface area contributed by atoms with Crippen LogP contribution in [0.15, 0.2) is 0 Å². The van der Waals surface area contributed by atoms with E-state index in [0.29, 0.717) is 6.04 Å². The standard InChI is InChI=1S/C18H29N3/c1-17(2,3)15-12-9-11-21-10-7-8-13(21)14(12)19-16(20-15)18(4,5)6/h13H,7-11H2,1-6H3. The van der Waals surface area contributed by atoms with E-state index in [9.17, 15) is 0 Å². The number of nitrogens with zero attached hydrogens (tertiary/aromatic N) is 3. The maximum absolute atomic E-state index is 5.05. The van der Waals surface area contributed by atoms with Crippen LogP contribution in [0.1, 0.15) is 83.2 Å². The van der Waals surface area contributed by atoms with Crippen LogP contribution in [0, 0.1) is 0 Å². The SMILES string of the molecule is CC(C)(C)c1nc2c(c(C(C)(C)C)n1)CCN1CCCC21. The van der Waals surface area contributed by atoms with Crippen molar-refractivity contribution in [3.05, 3.63) is 22.8 Å². The van der Waals surface area contributed by atoms with Crippen LogP contribution in [0.2, 0.25) is 0 Å². The molecular weight excluding hydrogens is 258 g/mol. The maximum Gasteiger partial charge on any atom is 0.134 e. The van der Waals surface area contributed by atoms with Crippen LogP contribution in [-0.2, 0) is 17.3 Å². The summed E-state index contributed by atoms with van der Waals surface area (Å²) in [4.78, 5) is 12.7. The Kier molecular flexibility index (Phi) is 3.40. The van der Waals surface area contributed by atoms with Gasteiger partial charge < -0.3 is 0 Å². The molecule has 0 amide bonds. The van der Waals surface area contributed by atoms with Crippen molar-refractivity contribution in [2.75, 3.05) is 13.1 Å². The molecule has 116 valence electrons. The van der Waals surface area contributed by atoms with E-state index < -0.39 is 0 Å².